The first kappa shape index (κ1) is 58.3. The number of fused-ring (bicyclic) bond motifs is 2. The third-order valence-electron chi connectivity index (χ3n) is 17.3. The predicted octanol–water partition coefficient (Wildman–Crippen LogP) is 8.10. The van der Waals surface area contributed by atoms with Crippen molar-refractivity contribution in [2.24, 2.45) is 16.2 Å². The fourth-order valence-corrected chi connectivity index (χ4v) is 15.6. The van der Waals surface area contributed by atoms with E-state index in [-0.39, 0.29) is 86.2 Å². The van der Waals surface area contributed by atoms with Crippen LogP contribution in [0, 0.1) is 23.2 Å². The molecule has 3 aromatic heterocycles. The van der Waals surface area contributed by atoms with Crippen molar-refractivity contribution in [3.8, 4) is 16.9 Å². The number of hydrogen-bond donors (Lipinski definition) is 4. The normalized spacial score (nSPS) is 21.9. The Bertz CT molecular complexity index is 3580. The van der Waals surface area contributed by atoms with Crippen LogP contribution in [0.15, 0.2) is 97.2 Å². The van der Waals surface area contributed by atoms with Crippen LogP contribution in [0.1, 0.15) is 108 Å². The number of benzene rings is 3. The molecule has 6 aliphatic rings. The summed E-state index contributed by atoms with van der Waals surface area (Å²) in [4.78, 5) is 103. The van der Waals surface area contributed by atoms with E-state index in [0.717, 1.165) is 82.6 Å². The van der Waals surface area contributed by atoms with E-state index in [2.05, 4.69) is 34.8 Å². The van der Waals surface area contributed by atoms with Gasteiger partial charge in [0, 0.05) is 92.8 Å². The molecule has 12 rings (SSSR count). The van der Waals surface area contributed by atoms with Gasteiger partial charge in [-0.2, -0.15) is 5.10 Å². The Morgan fingerprint density at radius 1 is 0.824 bits per heavy atom. The topological polar surface area (TPSA) is 257 Å². The third-order valence-corrected chi connectivity index (χ3v) is 18.3. The van der Waals surface area contributed by atoms with Gasteiger partial charge < -0.3 is 39.8 Å². The second-order valence-corrected chi connectivity index (χ2v) is 25.2. The van der Waals surface area contributed by atoms with Gasteiger partial charge in [-0.15, -0.1) is 0 Å². The molecule has 22 heteroatoms. The van der Waals surface area contributed by atoms with E-state index >= 15 is 0 Å². The number of aromatic nitrogens is 4. The molecule has 21 nitrogen and oxygen atoms in total. The van der Waals surface area contributed by atoms with Gasteiger partial charge in [0.15, 0.2) is 10.8 Å². The van der Waals surface area contributed by atoms with Gasteiger partial charge in [0.05, 0.1) is 35.2 Å². The average molecular weight is 1180 g/mol. The van der Waals surface area contributed by atoms with Crippen molar-refractivity contribution in [1.29, 1.82) is 0 Å². The SMILES string of the molecule is CNC(=O)CCN(CCOC12CC3(C)CC(C)(CC(Cn4ncc(-c5ccc(N6CCc7cccc(C(=O)Nc8nc9ccccc9s8)c7C6)nc5C(=O)O)c4C)(C3)C1)C2)C(=O)OCc1ccccc1OCCCNC(=O)CN1C(=O)C=CC1=O. The number of thiazole rings is 1. The molecule has 6 aromatic rings. The molecule has 3 aromatic carbocycles. The van der Waals surface area contributed by atoms with Crippen LogP contribution >= 0.6 is 11.3 Å². The number of amides is 6. The van der Waals surface area contributed by atoms with Crippen molar-refractivity contribution in [1.82, 2.24) is 40.2 Å². The molecule has 4 saturated carbocycles. The van der Waals surface area contributed by atoms with Gasteiger partial charge in [-0.25, -0.2) is 19.6 Å². The average Bonchev–Trinajstić information content (AvgIpc) is 1.36. The minimum absolute atomic E-state index is 0.0185. The number of pyridine rings is 1. The van der Waals surface area contributed by atoms with E-state index in [9.17, 15) is 38.7 Å². The molecule has 0 saturated heterocycles. The highest BCUT2D eigenvalue weighted by Crippen LogP contribution is 2.72. The maximum Gasteiger partial charge on any atom is 0.410 e. The fourth-order valence-electron chi connectivity index (χ4n) is 14.7. The van der Waals surface area contributed by atoms with E-state index in [4.69, 9.17) is 24.3 Å². The maximum absolute atomic E-state index is 13.9. The van der Waals surface area contributed by atoms with Gasteiger partial charge in [-0.3, -0.25) is 38.9 Å². The Morgan fingerprint density at radius 2 is 1.59 bits per heavy atom. The van der Waals surface area contributed by atoms with E-state index < -0.39 is 35.4 Å². The first-order valence-electron chi connectivity index (χ1n) is 28.9. The minimum atomic E-state index is -1.16. The second-order valence-electron chi connectivity index (χ2n) is 24.2. The summed E-state index contributed by atoms with van der Waals surface area (Å²) in [6.45, 7) is 8.80. The lowest BCUT2D eigenvalue weighted by Gasteiger charge is -2.69. The predicted molar refractivity (Wildman–Crippen MR) is 317 cm³/mol. The van der Waals surface area contributed by atoms with Crippen LogP contribution in [0.3, 0.4) is 0 Å². The Hall–Kier alpha value is -8.50. The monoisotopic (exact) mass is 1170 g/mol. The molecule has 4 fully saturated rings. The van der Waals surface area contributed by atoms with Crippen molar-refractivity contribution in [3.63, 3.8) is 0 Å². The summed E-state index contributed by atoms with van der Waals surface area (Å²) in [5, 5.41) is 24.5. The third kappa shape index (κ3) is 12.7. The van der Waals surface area contributed by atoms with Crippen molar-refractivity contribution in [2.75, 3.05) is 63.2 Å². The summed E-state index contributed by atoms with van der Waals surface area (Å²) in [6.07, 6.45) is 10.1. The van der Waals surface area contributed by atoms with E-state index in [1.54, 1.807) is 31.4 Å². The van der Waals surface area contributed by atoms with Gasteiger partial charge >= 0.3 is 12.1 Å². The van der Waals surface area contributed by atoms with Crippen molar-refractivity contribution in [3.05, 3.63) is 131 Å². The molecule has 444 valence electrons. The number of carbonyl (C=O) groups is 7. The summed E-state index contributed by atoms with van der Waals surface area (Å²) in [5.74, 6) is -2.16. The highest BCUT2D eigenvalue weighted by atomic mass is 32.1. The number of hydrogen-bond acceptors (Lipinski definition) is 15. The lowest BCUT2D eigenvalue weighted by atomic mass is 9.39. The molecule has 5 heterocycles. The molecule has 4 N–H and O–H groups in total. The summed E-state index contributed by atoms with van der Waals surface area (Å²) >= 11 is 1.42. The summed E-state index contributed by atoms with van der Waals surface area (Å²) in [7, 11) is 1.55. The Morgan fingerprint density at radius 3 is 2.35 bits per heavy atom. The van der Waals surface area contributed by atoms with Crippen LogP contribution in [0.5, 0.6) is 5.75 Å². The molecule has 0 radical (unpaired) electrons. The number of carboxylic acids is 1. The number of ether oxygens (including phenoxy) is 3. The van der Waals surface area contributed by atoms with Gasteiger partial charge in [0.25, 0.3) is 17.7 Å². The van der Waals surface area contributed by atoms with E-state index in [1.807, 2.05) is 77.2 Å². The van der Waals surface area contributed by atoms with Crippen molar-refractivity contribution >= 4 is 74.1 Å². The molecule has 2 atom stereocenters. The van der Waals surface area contributed by atoms with Crippen LogP contribution in [0.4, 0.5) is 15.7 Å². The van der Waals surface area contributed by atoms with Crippen molar-refractivity contribution in [2.45, 2.75) is 104 Å². The number of imide groups is 1. The number of aromatic carboxylic acids is 1. The molecular formula is C63H70N10O11S. The Labute approximate surface area is 496 Å². The zero-order valence-corrected chi connectivity index (χ0v) is 49.1. The van der Waals surface area contributed by atoms with Crippen LogP contribution in [0.25, 0.3) is 21.3 Å². The summed E-state index contributed by atoms with van der Waals surface area (Å²) < 4.78 is 22.0. The largest absolute Gasteiger partial charge is 0.493 e. The van der Waals surface area contributed by atoms with E-state index in [1.165, 1.54) is 16.2 Å². The van der Waals surface area contributed by atoms with Crippen molar-refractivity contribution < 1.29 is 52.9 Å². The number of rotatable bonds is 23. The smallest absolute Gasteiger partial charge is 0.410 e. The Kier molecular flexibility index (Phi) is 16.4. The standard InChI is InChI=1S/C63H70N10O11S/c1-40-45(43-17-18-50(68-55(43)57(79)80)71-24-21-41-12-9-13-44(46(41)30-71)56(78)69-58-67-47-14-6-8-16-49(47)85-58)29-66-73(40)39-62-34-60(2)33-61(3,35-62)37-63(36-60,38-62)84-28-26-70(25-22-51(74)64-4)59(81)83-32-42-11-5-7-15-48(42)82-27-10-23-65-52(75)31-72-53(76)19-20-54(72)77/h5-9,11-20,29H,10,21-28,30-39H2,1-4H3,(H,64,74)(H,65,75)(H,79,80)(H,67,69,78). The van der Waals surface area contributed by atoms with Crippen LogP contribution in [0.2, 0.25) is 0 Å². The van der Waals surface area contributed by atoms with Gasteiger partial charge in [0.1, 0.15) is 24.7 Å². The lowest BCUT2D eigenvalue weighted by molar-refractivity contribution is -0.248. The first-order chi connectivity index (χ1) is 40.8. The zero-order valence-electron chi connectivity index (χ0n) is 48.2. The van der Waals surface area contributed by atoms with Gasteiger partial charge in [0.2, 0.25) is 11.8 Å². The number of nitrogens with one attached hydrogen (secondary N) is 3. The van der Waals surface area contributed by atoms with Gasteiger partial charge in [-0.1, -0.05) is 67.6 Å². The minimum Gasteiger partial charge on any atom is -0.493 e. The molecular weight excluding hydrogens is 1100 g/mol. The first-order valence-corrected chi connectivity index (χ1v) is 29.7. The maximum atomic E-state index is 13.9. The second kappa shape index (κ2) is 23.9. The number of carbonyl (C=O) groups excluding carboxylic acids is 6. The molecule has 2 unspecified atom stereocenters. The molecule has 4 bridgehead atoms. The highest BCUT2D eigenvalue weighted by molar-refractivity contribution is 7.22. The van der Waals surface area contributed by atoms with E-state index in [0.29, 0.717) is 71.4 Å². The molecule has 2 aliphatic heterocycles. The van der Waals surface area contributed by atoms with Crippen LogP contribution in [-0.4, -0.2) is 135 Å². The highest BCUT2D eigenvalue weighted by Gasteiger charge is 2.66. The Balaban J connectivity index is 0.728. The number of anilines is 2. The number of carboxylic acid groups (broad SMARTS) is 1. The molecule has 85 heavy (non-hydrogen) atoms. The van der Waals surface area contributed by atoms with Gasteiger partial charge in [-0.05, 0) is 122 Å². The number of nitrogens with zero attached hydrogens (tertiary/aromatic N) is 7. The number of para-hydroxylation sites is 2. The molecule has 0 spiro atoms. The van der Waals surface area contributed by atoms with Crippen LogP contribution in [-0.2, 0) is 54.8 Å². The summed E-state index contributed by atoms with van der Waals surface area (Å²) in [6, 6.07) is 24.3. The lowest BCUT2D eigenvalue weighted by Crippen LogP contribution is -2.64. The molecule has 4 aliphatic carbocycles. The summed E-state index contributed by atoms with van der Waals surface area (Å²) in [5.41, 5.74) is 5.10. The van der Waals surface area contributed by atoms with Crippen LogP contribution < -0.4 is 25.6 Å². The molecule has 6 amide bonds. The quantitative estimate of drug-likeness (QED) is 0.0349. The zero-order chi connectivity index (χ0) is 59.7. The fraction of sp³-hybridized carbons (Fsp3) is 0.429.